The highest BCUT2D eigenvalue weighted by Gasteiger charge is 2.15. The second kappa shape index (κ2) is 10.8. The van der Waals surface area contributed by atoms with E-state index in [-0.39, 0.29) is 12.4 Å². The van der Waals surface area contributed by atoms with Gasteiger partial charge in [0, 0.05) is 25.2 Å². The number of rotatable bonds is 7. The van der Waals surface area contributed by atoms with Gasteiger partial charge < -0.3 is 18.7 Å². The average molecular weight is 442 g/mol. The average Bonchev–Trinajstić information content (AvgIpc) is 3.22. The van der Waals surface area contributed by atoms with Crippen LogP contribution in [0, 0.1) is 11.3 Å². The Kier molecular flexibility index (Phi) is 7.90. The quantitative estimate of drug-likeness (QED) is 0.512. The molecule has 4 rings (SSSR count). The van der Waals surface area contributed by atoms with E-state index in [2.05, 4.69) is 16.1 Å². The van der Waals surface area contributed by atoms with E-state index >= 15 is 0 Å². The second-order valence-electron chi connectivity index (χ2n) is 6.90. The molecule has 2 aromatic carbocycles. The number of fused-ring (bicyclic) bond motifs is 1. The van der Waals surface area contributed by atoms with Gasteiger partial charge in [-0.3, -0.25) is 4.90 Å². The molecule has 0 radical (unpaired) electrons. The van der Waals surface area contributed by atoms with E-state index < -0.39 is 0 Å². The minimum Gasteiger partial charge on any atom is -0.497 e. The number of nitriles is 1. The van der Waals surface area contributed by atoms with Crippen molar-refractivity contribution in [3.8, 4) is 17.6 Å². The van der Waals surface area contributed by atoms with Crippen LogP contribution in [0.1, 0.15) is 11.3 Å². The molecule has 0 saturated carbocycles. The minimum absolute atomic E-state index is 0. The largest absolute Gasteiger partial charge is 0.497 e. The van der Waals surface area contributed by atoms with E-state index in [0.29, 0.717) is 29.2 Å². The standard InChI is InChI=1S/C23H23N3O4.ClH/c1-27-19-6-7-22-20(15-19)23(25-30-22)18(16-24)14-17-4-2-3-5-21(17)29-13-10-26-8-11-28-12-9-26;/h2-7,14-15H,8-13H2,1H3;1H/b18-14+;. The molecule has 0 amide bonds. The lowest BCUT2D eigenvalue weighted by molar-refractivity contribution is 0.0322. The van der Waals surface area contributed by atoms with Gasteiger partial charge >= 0.3 is 0 Å². The van der Waals surface area contributed by atoms with E-state index in [1.54, 1.807) is 25.3 Å². The zero-order valence-corrected chi connectivity index (χ0v) is 18.1. The molecular weight excluding hydrogens is 418 g/mol. The fourth-order valence-corrected chi connectivity index (χ4v) is 3.39. The Morgan fingerprint density at radius 1 is 1.23 bits per heavy atom. The van der Waals surface area contributed by atoms with Gasteiger partial charge in [-0.05, 0) is 30.3 Å². The second-order valence-corrected chi connectivity index (χ2v) is 6.90. The molecule has 7 nitrogen and oxygen atoms in total. The molecule has 162 valence electrons. The number of methoxy groups -OCH3 is 1. The zero-order valence-electron chi connectivity index (χ0n) is 17.2. The SMILES string of the molecule is COc1ccc2onc(/C(C#N)=C/c3ccccc3OCCN3CCOCC3)c2c1.Cl. The summed E-state index contributed by atoms with van der Waals surface area (Å²) in [5, 5.41) is 14.6. The summed E-state index contributed by atoms with van der Waals surface area (Å²) in [4.78, 5) is 2.32. The maximum absolute atomic E-state index is 9.79. The molecule has 0 spiro atoms. The normalized spacial score (nSPS) is 14.6. The molecule has 1 aliphatic heterocycles. The lowest BCUT2D eigenvalue weighted by atomic mass is 10.1. The fourth-order valence-electron chi connectivity index (χ4n) is 3.39. The molecule has 0 bridgehead atoms. The van der Waals surface area contributed by atoms with E-state index in [4.69, 9.17) is 18.7 Å². The molecule has 8 heteroatoms. The number of morpholine rings is 1. The summed E-state index contributed by atoms with van der Waals surface area (Å²) in [7, 11) is 1.60. The highest BCUT2D eigenvalue weighted by Crippen LogP contribution is 2.30. The van der Waals surface area contributed by atoms with Gasteiger partial charge in [-0.2, -0.15) is 5.26 Å². The van der Waals surface area contributed by atoms with Gasteiger partial charge in [0.15, 0.2) is 5.58 Å². The third-order valence-electron chi connectivity index (χ3n) is 5.04. The molecule has 1 aromatic heterocycles. The first-order chi connectivity index (χ1) is 14.8. The molecule has 0 atom stereocenters. The van der Waals surface area contributed by atoms with Crippen LogP contribution in [0.15, 0.2) is 47.0 Å². The molecule has 31 heavy (non-hydrogen) atoms. The number of aromatic nitrogens is 1. The Balaban J connectivity index is 0.00000272. The van der Waals surface area contributed by atoms with Crippen LogP contribution in [0.5, 0.6) is 11.5 Å². The van der Waals surface area contributed by atoms with Crippen molar-refractivity contribution in [2.45, 2.75) is 0 Å². The van der Waals surface area contributed by atoms with Crippen LogP contribution in [0.4, 0.5) is 0 Å². The van der Waals surface area contributed by atoms with Crippen LogP contribution in [-0.2, 0) is 4.74 Å². The summed E-state index contributed by atoms with van der Waals surface area (Å²) >= 11 is 0. The summed E-state index contributed by atoms with van der Waals surface area (Å²) in [5.41, 5.74) is 2.29. The van der Waals surface area contributed by atoms with Crippen molar-refractivity contribution < 1.29 is 18.7 Å². The first kappa shape index (κ1) is 22.6. The first-order valence-corrected chi connectivity index (χ1v) is 9.86. The summed E-state index contributed by atoms with van der Waals surface area (Å²) in [6.45, 7) is 4.78. The molecule has 3 aromatic rings. The number of hydrogen-bond donors (Lipinski definition) is 0. The summed E-state index contributed by atoms with van der Waals surface area (Å²) < 4.78 is 22.1. The van der Waals surface area contributed by atoms with Crippen LogP contribution < -0.4 is 9.47 Å². The van der Waals surface area contributed by atoms with E-state index in [9.17, 15) is 5.26 Å². The fraction of sp³-hybridized carbons (Fsp3) is 0.304. The lowest BCUT2D eigenvalue weighted by Crippen LogP contribution is -2.38. The molecule has 1 fully saturated rings. The lowest BCUT2D eigenvalue weighted by Gasteiger charge is -2.26. The van der Waals surface area contributed by atoms with Crippen LogP contribution in [0.2, 0.25) is 0 Å². The van der Waals surface area contributed by atoms with E-state index in [1.807, 2.05) is 30.3 Å². The highest BCUT2D eigenvalue weighted by molar-refractivity contribution is 5.99. The molecule has 0 N–H and O–H groups in total. The first-order valence-electron chi connectivity index (χ1n) is 9.86. The van der Waals surface area contributed by atoms with Gasteiger partial charge in [-0.15, -0.1) is 12.4 Å². The van der Waals surface area contributed by atoms with Crippen molar-refractivity contribution in [2.24, 2.45) is 0 Å². The number of para-hydroxylation sites is 1. The predicted octanol–water partition coefficient (Wildman–Crippen LogP) is 4.03. The smallest absolute Gasteiger partial charge is 0.167 e. The zero-order chi connectivity index (χ0) is 20.8. The Morgan fingerprint density at radius 3 is 2.81 bits per heavy atom. The Hall–Kier alpha value is -3.05. The summed E-state index contributed by atoms with van der Waals surface area (Å²) in [6.07, 6.45) is 1.78. The monoisotopic (exact) mass is 441 g/mol. The molecule has 1 aliphatic rings. The van der Waals surface area contributed by atoms with Crippen molar-refractivity contribution in [3.63, 3.8) is 0 Å². The maximum atomic E-state index is 9.79. The van der Waals surface area contributed by atoms with Crippen LogP contribution >= 0.6 is 12.4 Å². The molecule has 0 aliphatic carbocycles. The van der Waals surface area contributed by atoms with Gasteiger partial charge in [0.25, 0.3) is 0 Å². The predicted molar refractivity (Wildman–Crippen MR) is 120 cm³/mol. The maximum Gasteiger partial charge on any atom is 0.167 e. The highest BCUT2D eigenvalue weighted by atomic mass is 35.5. The summed E-state index contributed by atoms with van der Waals surface area (Å²) in [6, 6.07) is 15.3. The van der Waals surface area contributed by atoms with Gasteiger partial charge in [-0.25, -0.2) is 0 Å². The van der Waals surface area contributed by atoms with Crippen molar-refractivity contribution >= 4 is 35.0 Å². The number of ether oxygens (including phenoxy) is 3. The van der Waals surface area contributed by atoms with Crippen LogP contribution in [-0.4, -0.2) is 56.6 Å². The van der Waals surface area contributed by atoms with Crippen LogP contribution in [0.3, 0.4) is 0 Å². The van der Waals surface area contributed by atoms with E-state index in [0.717, 1.165) is 49.5 Å². The van der Waals surface area contributed by atoms with E-state index in [1.165, 1.54) is 0 Å². The molecule has 2 heterocycles. The number of hydrogen-bond acceptors (Lipinski definition) is 7. The summed E-state index contributed by atoms with van der Waals surface area (Å²) in [5.74, 6) is 1.40. The molecule has 1 saturated heterocycles. The molecular formula is C23H24ClN3O4. The van der Waals surface area contributed by atoms with Crippen molar-refractivity contribution in [1.82, 2.24) is 10.1 Å². The van der Waals surface area contributed by atoms with Gasteiger partial charge in [0.05, 0.1) is 31.3 Å². The third kappa shape index (κ3) is 5.36. The minimum atomic E-state index is 0. The molecule has 0 unspecified atom stereocenters. The van der Waals surface area contributed by atoms with Gasteiger partial charge in [0.1, 0.15) is 29.9 Å². The number of benzene rings is 2. The van der Waals surface area contributed by atoms with Gasteiger partial charge in [0.2, 0.25) is 0 Å². The number of nitrogens with zero attached hydrogens (tertiary/aromatic N) is 3. The van der Waals surface area contributed by atoms with Crippen LogP contribution in [0.25, 0.3) is 22.6 Å². The van der Waals surface area contributed by atoms with Crippen molar-refractivity contribution in [1.29, 1.82) is 5.26 Å². The van der Waals surface area contributed by atoms with Crippen molar-refractivity contribution in [2.75, 3.05) is 46.6 Å². The van der Waals surface area contributed by atoms with Crippen molar-refractivity contribution in [3.05, 3.63) is 53.7 Å². The number of allylic oxidation sites excluding steroid dienone is 1. The topological polar surface area (TPSA) is 80.8 Å². The third-order valence-corrected chi connectivity index (χ3v) is 5.04. The Bertz CT molecular complexity index is 1080. The number of halogens is 1. The Labute approximate surface area is 187 Å². The van der Waals surface area contributed by atoms with Gasteiger partial charge in [-0.1, -0.05) is 23.4 Å². The Morgan fingerprint density at radius 2 is 2.03 bits per heavy atom.